The van der Waals surface area contributed by atoms with E-state index in [0.29, 0.717) is 11.3 Å². The molecule has 128 valence electrons. The lowest BCUT2D eigenvalue weighted by molar-refractivity contribution is -0.113. The van der Waals surface area contributed by atoms with Crippen LogP contribution >= 0.6 is 23.1 Å². The SMILES string of the molecule is CC(=O)c1ccccc1NC(=O)CSc1nnc(NC(C)(C)C)s1. The van der Waals surface area contributed by atoms with Gasteiger partial charge in [0.05, 0.1) is 11.4 Å². The summed E-state index contributed by atoms with van der Waals surface area (Å²) in [7, 11) is 0. The quantitative estimate of drug-likeness (QED) is 0.601. The number of nitrogens with one attached hydrogen (secondary N) is 2. The van der Waals surface area contributed by atoms with Crippen molar-refractivity contribution in [2.45, 2.75) is 37.6 Å². The normalized spacial score (nSPS) is 11.2. The minimum absolute atomic E-state index is 0.0828. The average Bonchev–Trinajstić information content (AvgIpc) is 2.91. The van der Waals surface area contributed by atoms with Gasteiger partial charge in [0, 0.05) is 11.1 Å². The molecular formula is C16H20N4O2S2. The number of carbonyl (C=O) groups excluding carboxylic acids is 2. The number of aromatic nitrogens is 2. The van der Waals surface area contributed by atoms with Crippen LogP contribution in [0.1, 0.15) is 38.1 Å². The first-order chi connectivity index (χ1) is 11.2. The lowest BCUT2D eigenvalue weighted by Crippen LogP contribution is -2.25. The zero-order chi connectivity index (χ0) is 17.7. The van der Waals surface area contributed by atoms with E-state index in [4.69, 9.17) is 0 Å². The van der Waals surface area contributed by atoms with Crippen LogP contribution in [0.5, 0.6) is 0 Å². The van der Waals surface area contributed by atoms with E-state index in [1.807, 2.05) is 20.8 Å². The molecule has 0 aliphatic heterocycles. The van der Waals surface area contributed by atoms with Crippen molar-refractivity contribution in [2.75, 3.05) is 16.4 Å². The second-order valence-corrected chi connectivity index (χ2v) is 8.39. The molecule has 0 atom stereocenters. The van der Waals surface area contributed by atoms with Crippen molar-refractivity contribution in [1.82, 2.24) is 10.2 Å². The number of Topliss-reactive ketones (excluding diaryl/α,β-unsaturated/α-hetero) is 1. The molecule has 1 aromatic carbocycles. The number of benzene rings is 1. The highest BCUT2D eigenvalue weighted by atomic mass is 32.2. The largest absolute Gasteiger partial charge is 0.355 e. The van der Waals surface area contributed by atoms with Crippen LogP contribution in [0.25, 0.3) is 0 Å². The van der Waals surface area contributed by atoms with Crippen LogP contribution in [0.15, 0.2) is 28.6 Å². The summed E-state index contributed by atoms with van der Waals surface area (Å²) < 4.78 is 0.719. The van der Waals surface area contributed by atoms with Crippen LogP contribution in [0.4, 0.5) is 10.8 Å². The maximum Gasteiger partial charge on any atom is 0.234 e. The number of carbonyl (C=O) groups is 2. The van der Waals surface area contributed by atoms with Crippen LogP contribution in [-0.2, 0) is 4.79 Å². The highest BCUT2D eigenvalue weighted by Crippen LogP contribution is 2.27. The van der Waals surface area contributed by atoms with Crippen LogP contribution < -0.4 is 10.6 Å². The van der Waals surface area contributed by atoms with Crippen LogP contribution in [-0.4, -0.2) is 33.2 Å². The van der Waals surface area contributed by atoms with Gasteiger partial charge in [0.2, 0.25) is 11.0 Å². The summed E-state index contributed by atoms with van der Waals surface area (Å²) in [6.07, 6.45) is 0. The summed E-state index contributed by atoms with van der Waals surface area (Å²) in [4.78, 5) is 23.7. The zero-order valence-electron chi connectivity index (χ0n) is 14.0. The van der Waals surface area contributed by atoms with Crippen LogP contribution in [0.2, 0.25) is 0 Å². The molecule has 1 amide bonds. The van der Waals surface area contributed by atoms with Crippen molar-refractivity contribution >= 4 is 45.6 Å². The van der Waals surface area contributed by atoms with Gasteiger partial charge >= 0.3 is 0 Å². The number of ketones is 1. The average molecular weight is 364 g/mol. The van der Waals surface area contributed by atoms with E-state index >= 15 is 0 Å². The van der Waals surface area contributed by atoms with Gasteiger partial charge in [-0.1, -0.05) is 35.2 Å². The van der Waals surface area contributed by atoms with Crippen molar-refractivity contribution in [2.24, 2.45) is 0 Å². The minimum Gasteiger partial charge on any atom is -0.355 e. The van der Waals surface area contributed by atoms with E-state index < -0.39 is 0 Å². The fourth-order valence-electron chi connectivity index (χ4n) is 1.85. The van der Waals surface area contributed by atoms with E-state index in [-0.39, 0.29) is 23.0 Å². The predicted molar refractivity (Wildman–Crippen MR) is 99.1 cm³/mol. The number of rotatable bonds is 6. The Morgan fingerprint density at radius 3 is 2.58 bits per heavy atom. The molecule has 8 heteroatoms. The summed E-state index contributed by atoms with van der Waals surface area (Å²) in [5.41, 5.74) is 0.946. The number of amides is 1. The van der Waals surface area contributed by atoms with Gasteiger partial charge in [-0.15, -0.1) is 10.2 Å². The number of nitrogens with zero attached hydrogens (tertiary/aromatic N) is 2. The molecule has 0 spiro atoms. The maximum absolute atomic E-state index is 12.1. The number of hydrogen-bond donors (Lipinski definition) is 2. The number of thioether (sulfide) groups is 1. The molecule has 0 radical (unpaired) electrons. The number of hydrogen-bond acceptors (Lipinski definition) is 7. The third-order valence-corrected chi connectivity index (χ3v) is 4.77. The molecule has 0 saturated heterocycles. The molecule has 24 heavy (non-hydrogen) atoms. The number of para-hydroxylation sites is 1. The van der Waals surface area contributed by atoms with Crippen LogP contribution in [0, 0.1) is 0 Å². The molecule has 6 nitrogen and oxygen atoms in total. The second-order valence-electron chi connectivity index (χ2n) is 6.19. The first kappa shape index (κ1) is 18.4. The van der Waals surface area contributed by atoms with Gasteiger partial charge in [0.15, 0.2) is 10.1 Å². The lowest BCUT2D eigenvalue weighted by Gasteiger charge is -2.18. The van der Waals surface area contributed by atoms with Gasteiger partial charge in [-0.2, -0.15) is 0 Å². The fraction of sp³-hybridized carbons (Fsp3) is 0.375. The Kier molecular flexibility index (Phi) is 5.95. The van der Waals surface area contributed by atoms with Crippen molar-refractivity contribution in [3.05, 3.63) is 29.8 Å². The van der Waals surface area contributed by atoms with E-state index in [9.17, 15) is 9.59 Å². The van der Waals surface area contributed by atoms with E-state index in [2.05, 4.69) is 20.8 Å². The van der Waals surface area contributed by atoms with Gasteiger partial charge in [-0.05, 0) is 39.8 Å². The van der Waals surface area contributed by atoms with Gasteiger partial charge in [0.1, 0.15) is 0 Å². The van der Waals surface area contributed by atoms with Gasteiger partial charge < -0.3 is 10.6 Å². The molecule has 1 aromatic heterocycles. The third kappa shape index (κ3) is 5.61. The Hall–Kier alpha value is -1.93. The Labute approximate surface area is 149 Å². The van der Waals surface area contributed by atoms with E-state index in [1.165, 1.54) is 30.0 Å². The molecular weight excluding hydrogens is 344 g/mol. The Morgan fingerprint density at radius 1 is 1.21 bits per heavy atom. The zero-order valence-corrected chi connectivity index (χ0v) is 15.7. The molecule has 0 aliphatic rings. The minimum atomic E-state index is -0.186. The molecule has 1 heterocycles. The fourth-order valence-corrected chi connectivity index (χ4v) is 3.61. The van der Waals surface area contributed by atoms with E-state index in [1.54, 1.807) is 24.3 Å². The highest BCUT2D eigenvalue weighted by molar-refractivity contribution is 8.01. The highest BCUT2D eigenvalue weighted by Gasteiger charge is 2.14. The first-order valence-electron chi connectivity index (χ1n) is 7.39. The molecule has 0 fully saturated rings. The maximum atomic E-state index is 12.1. The van der Waals surface area contributed by atoms with Gasteiger partial charge in [-0.25, -0.2) is 0 Å². The number of anilines is 2. The van der Waals surface area contributed by atoms with Gasteiger partial charge in [-0.3, -0.25) is 9.59 Å². The summed E-state index contributed by atoms with van der Waals surface area (Å²) in [5, 5.41) is 14.9. The van der Waals surface area contributed by atoms with Crippen LogP contribution in [0.3, 0.4) is 0 Å². The second kappa shape index (κ2) is 7.76. The predicted octanol–water partition coefficient (Wildman–Crippen LogP) is 3.68. The summed E-state index contributed by atoms with van der Waals surface area (Å²) in [6.45, 7) is 7.61. The van der Waals surface area contributed by atoms with Crippen molar-refractivity contribution < 1.29 is 9.59 Å². The molecule has 2 N–H and O–H groups in total. The molecule has 0 saturated carbocycles. The van der Waals surface area contributed by atoms with Crippen molar-refractivity contribution in [1.29, 1.82) is 0 Å². The topological polar surface area (TPSA) is 84.0 Å². The Balaban J connectivity index is 1.91. The standard InChI is InChI=1S/C16H20N4O2S2/c1-10(21)11-7-5-6-8-12(11)17-13(22)9-23-15-20-19-14(24-15)18-16(2,3)4/h5-8H,9H2,1-4H3,(H,17,22)(H,18,19). The third-order valence-electron chi connectivity index (χ3n) is 2.80. The molecule has 2 aromatic rings. The summed E-state index contributed by atoms with van der Waals surface area (Å²) in [5.74, 6) is -0.0639. The van der Waals surface area contributed by atoms with Gasteiger partial charge in [0.25, 0.3) is 0 Å². The Bertz CT molecular complexity index is 738. The lowest BCUT2D eigenvalue weighted by atomic mass is 10.1. The van der Waals surface area contributed by atoms with E-state index in [0.717, 1.165) is 9.47 Å². The van der Waals surface area contributed by atoms with Crippen molar-refractivity contribution in [3.63, 3.8) is 0 Å². The molecule has 2 rings (SSSR count). The monoisotopic (exact) mass is 364 g/mol. The van der Waals surface area contributed by atoms with Crippen molar-refractivity contribution in [3.8, 4) is 0 Å². The summed E-state index contributed by atoms with van der Waals surface area (Å²) in [6, 6.07) is 6.96. The Morgan fingerprint density at radius 2 is 1.92 bits per heavy atom. The summed E-state index contributed by atoms with van der Waals surface area (Å²) >= 11 is 2.73. The molecule has 0 bridgehead atoms. The first-order valence-corrected chi connectivity index (χ1v) is 9.19. The molecule has 0 unspecified atom stereocenters. The smallest absolute Gasteiger partial charge is 0.234 e. The molecule has 0 aliphatic carbocycles.